The van der Waals surface area contributed by atoms with Gasteiger partial charge in [0.1, 0.15) is 11.6 Å². The molecular weight excluding hydrogens is 436 g/mol. The number of hydrogen-bond donors (Lipinski definition) is 0. The molecule has 0 N–H and O–H groups in total. The first kappa shape index (κ1) is 21.1. The highest BCUT2D eigenvalue weighted by atomic mass is 79.9. The summed E-state index contributed by atoms with van der Waals surface area (Å²) in [6.07, 6.45) is 5.25. The number of ether oxygens (including phenoxy) is 1. The fraction of sp³-hybridized carbons (Fsp3) is 0.381. The van der Waals surface area contributed by atoms with Crippen molar-refractivity contribution in [2.75, 3.05) is 7.11 Å². The molecule has 0 spiro atoms. The van der Waals surface area contributed by atoms with E-state index in [-0.39, 0.29) is 11.2 Å². The first-order valence-corrected chi connectivity index (χ1v) is 10.4. The Hall–Kier alpha value is -2.61. The molecule has 2 heterocycles. The number of rotatable bonds is 7. The summed E-state index contributed by atoms with van der Waals surface area (Å²) < 4.78 is 10.8. The quantitative estimate of drug-likeness (QED) is 0.539. The van der Waals surface area contributed by atoms with Gasteiger partial charge in [0.2, 0.25) is 0 Å². The Kier molecular flexibility index (Phi) is 6.42. The molecule has 0 saturated carbocycles. The molecule has 0 atom stereocenters. The Balaban J connectivity index is 2.15. The second-order valence-electron chi connectivity index (χ2n) is 6.82. The molecule has 0 aliphatic carbocycles. The molecule has 1 aromatic carbocycles. The smallest absolute Gasteiger partial charge is 0.332 e. The maximum Gasteiger partial charge on any atom is 0.332 e. The van der Waals surface area contributed by atoms with Crippen LogP contribution in [0.4, 0.5) is 0 Å². The van der Waals surface area contributed by atoms with Crippen molar-refractivity contribution in [1.82, 2.24) is 18.7 Å². The lowest BCUT2D eigenvalue weighted by Crippen LogP contribution is -2.40. The Morgan fingerprint density at radius 2 is 1.79 bits per heavy atom. The third kappa shape index (κ3) is 3.94. The monoisotopic (exact) mass is 460 g/mol. The fourth-order valence-electron chi connectivity index (χ4n) is 3.33. The molecular formula is C21H25BrN4O3. The van der Waals surface area contributed by atoms with Gasteiger partial charge in [-0.2, -0.15) is 0 Å². The van der Waals surface area contributed by atoms with Crippen molar-refractivity contribution in [2.24, 2.45) is 7.05 Å². The van der Waals surface area contributed by atoms with E-state index in [1.807, 2.05) is 44.2 Å². The van der Waals surface area contributed by atoms with Crippen molar-refractivity contribution in [3.63, 3.8) is 0 Å². The van der Waals surface area contributed by atoms with Crippen LogP contribution < -0.4 is 16.0 Å². The van der Waals surface area contributed by atoms with Crippen LogP contribution in [0.5, 0.6) is 5.75 Å². The topological polar surface area (TPSA) is 71.1 Å². The van der Waals surface area contributed by atoms with Gasteiger partial charge in [-0.1, -0.05) is 26.0 Å². The minimum absolute atomic E-state index is 0.291. The number of halogens is 1. The van der Waals surface area contributed by atoms with Crippen molar-refractivity contribution in [3.8, 4) is 5.75 Å². The van der Waals surface area contributed by atoms with Crippen LogP contribution in [0.2, 0.25) is 0 Å². The molecule has 29 heavy (non-hydrogen) atoms. The summed E-state index contributed by atoms with van der Waals surface area (Å²) in [6.45, 7) is 4.86. The van der Waals surface area contributed by atoms with Crippen LogP contribution in [0.25, 0.3) is 23.3 Å². The number of imidazole rings is 1. The van der Waals surface area contributed by atoms with Gasteiger partial charge in [0.15, 0.2) is 11.2 Å². The van der Waals surface area contributed by atoms with Crippen molar-refractivity contribution >= 4 is 39.2 Å². The Labute approximate surface area is 177 Å². The predicted octanol–water partition coefficient (Wildman–Crippen LogP) is 3.66. The van der Waals surface area contributed by atoms with Gasteiger partial charge < -0.3 is 9.30 Å². The van der Waals surface area contributed by atoms with E-state index < -0.39 is 0 Å². The molecule has 8 heteroatoms. The Bertz CT molecular complexity index is 1190. The van der Waals surface area contributed by atoms with Gasteiger partial charge in [0.25, 0.3) is 5.56 Å². The van der Waals surface area contributed by atoms with Crippen LogP contribution in [0, 0.1) is 0 Å². The summed E-state index contributed by atoms with van der Waals surface area (Å²) in [5.41, 5.74) is 1.26. The molecule has 0 aliphatic rings. The van der Waals surface area contributed by atoms with Crippen molar-refractivity contribution in [2.45, 2.75) is 39.8 Å². The average Bonchev–Trinajstić information content (AvgIpc) is 3.03. The average molecular weight is 461 g/mol. The molecule has 0 radical (unpaired) electrons. The number of aromatic nitrogens is 4. The minimum Gasteiger partial charge on any atom is -0.496 e. The van der Waals surface area contributed by atoms with Crippen molar-refractivity contribution < 1.29 is 4.74 Å². The summed E-state index contributed by atoms with van der Waals surface area (Å²) in [5, 5.41) is 0. The van der Waals surface area contributed by atoms with E-state index in [0.717, 1.165) is 22.2 Å². The number of methoxy groups -OCH3 is 1. The minimum atomic E-state index is -0.293. The van der Waals surface area contributed by atoms with Gasteiger partial charge >= 0.3 is 5.69 Å². The summed E-state index contributed by atoms with van der Waals surface area (Å²) >= 11 is 3.48. The highest BCUT2D eigenvalue weighted by molar-refractivity contribution is 9.10. The molecule has 0 unspecified atom stereocenters. The van der Waals surface area contributed by atoms with E-state index in [4.69, 9.17) is 4.74 Å². The molecule has 0 aliphatic heterocycles. The van der Waals surface area contributed by atoms with E-state index in [1.165, 1.54) is 4.57 Å². The predicted molar refractivity (Wildman–Crippen MR) is 119 cm³/mol. The number of fused-ring (bicyclic) bond motifs is 1. The van der Waals surface area contributed by atoms with Crippen molar-refractivity contribution in [3.05, 3.63) is 54.9 Å². The number of benzene rings is 1. The van der Waals surface area contributed by atoms with E-state index in [2.05, 4.69) is 20.9 Å². The third-order valence-electron chi connectivity index (χ3n) is 4.77. The lowest BCUT2D eigenvalue weighted by molar-refractivity contribution is 0.412. The van der Waals surface area contributed by atoms with E-state index in [1.54, 1.807) is 23.3 Å². The lowest BCUT2D eigenvalue weighted by Gasteiger charge is -2.10. The fourth-order valence-corrected chi connectivity index (χ4v) is 3.89. The summed E-state index contributed by atoms with van der Waals surface area (Å²) in [7, 11) is 3.42. The standard InChI is InChI=1S/C21H25BrN4O3/c1-5-11-25-19-18(20(27)26(12-6-2)21(25)28)24(3)17(23-19)10-8-14-7-9-16(29-4)15(22)13-14/h7-10,13H,5-6,11-12H2,1-4H3. The third-order valence-corrected chi connectivity index (χ3v) is 5.39. The second kappa shape index (κ2) is 8.82. The molecule has 7 nitrogen and oxygen atoms in total. The van der Waals surface area contributed by atoms with Crippen LogP contribution in [-0.4, -0.2) is 25.8 Å². The number of aryl methyl sites for hydroxylation is 2. The van der Waals surface area contributed by atoms with Gasteiger partial charge in [-0.3, -0.25) is 13.9 Å². The van der Waals surface area contributed by atoms with Crippen LogP contribution in [0.15, 0.2) is 32.3 Å². The first-order valence-electron chi connectivity index (χ1n) is 9.64. The van der Waals surface area contributed by atoms with E-state index in [0.29, 0.717) is 36.5 Å². The summed E-state index contributed by atoms with van der Waals surface area (Å²) in [6, 6.07) is 5.75. The Morgan fingerprint density at radius 3 is 2.41 bits per heavy atom. The highest BCUT2D eigenvalue weighted by Crippen LogP contribution is 2.26. The van der Waals surface area contributed by atoms with Gasteiger partial charge in [-0.25, -0.2) is 9.78 Å². The maximum absolute atomic E-state index is 13.0. The zero-order chi connectivity index (χ0) is 21.1. The summed E-state index contributed by atoms with van der Waals surface area (Å²) in [5.74, 6) is 1.37. The van der Waals surface area contributed by atoms with E-state index >= 15 is 0 Å². The molecule has 154 valence electrons. The molecule has 3 aromatic rings. The van der Waals surface area contributed by atoms with E-state index in [9.17, 15) is 9.59 Å². The highest BCUT2D eigenvalue weighted by Gasteiger charge is 2.18. The van der Waals surface area contributed by atoms with Crippen molar-refractivity contribution in [1.29, 1.82) is 0 Å². The Morgan fingerprint density at radius 1 is 1.10 bits per heavy atom. The van der Waals surface area contributed by atoms with Crippen LogP contribution in [-0.2, 0) is 20.1 Å². The van der Waals surface area contributed by atoms with Crippen LogP contribution in [0.3, 0.4) is 0 Å². The molecule has 0 saturated heterocycles. The molecule has 2 aromatic heterocycles. The summed E-state index contributed by atoms with van der Waals surface area (Å²) in [4.78, 5) is 30.4. The molecule has 0 fully saturated rings. The lowest BCUT2D eigenvalue weighted by atomic mass is 10.2. The first-order chi connectivity index (χ1) is 13.9. The largest absolute Gasteiger partial charge is 0.496 e. The van der Waals surface area contributed by atoms with Crippen LogP contribution >= 0.6 is 15.9 Å². The molecule has 3 rings (SSSR count). The number of hydrogen-bond acceptors (Lipinski definition) is 4. The number of nitrogens with zero attached hydrogens (tertiary/aromatic N) is 4. The zero-order valence-corrected chi connectivity index (χ0v) is 18.7. The van der Waals surface area contributed by atoms with Gasteiger partial charge in [0.05, 0.1) is 11.6 Å². The maximum atomic E-state index is 13.0. The van der Waals surface area contributed by atoms with Crippen LogP contribution in [0.1, 0.15) is 38.1 Å². The zero-order valence-electron chi connectivity index (χ0n) is 17.1. The van der Waals surface area contributed by atoms with Gasteiger partial charge in [0, 0.05) is 20.1 Å². The van der Waals surface area contributed by atoms with Gasteiger partial charge in [-0.15, -0.1) is 0 Å². The second-order valence-corrected chi connectivity index (χ2v) is 7.67. The normalized spacial score (nSPS) is 11.6. The molecule has 0 amide bonds. The van der Waals surface area contributed by atoms with Gasteiger partial charge in [-0.05, 0) is 52.5 Å². The molecule has 0 bridgehead atoms. The SMILES string of the molecule is CCCn1c(=O)c2c(nc(C=Cc3ccc(OC)c(Br)c3)n2C)n(CCC)c1=O.